The Labute approximate surface area is 209 Å². The summed E-state index contributed by atoms with van der Waals surface area (Å²) in [4.78, 5) is 18.4. The fourth-order valence-corrected chi connectivity index (χ4v) is 8.21. The quantitative estimate of drug-likeness (QED) is 0.553. The Balaban J connectivity index is 1.68. The maximum Gasteiger partial charge on any atom is 0.417 e. The number of halogens is 4. The summed E-state index contributed by atoms with van der Waals surface area (Å²) >= 11 is 6.83. The van der Waals surface area contributed by atoms with E-state index in [0.717, 1.165) is 23.9 Å². The highest BCUT2D eigenvalue weighted by atomic mass is 35.5. The van der Waals surface area contributed by atoms with E-state index in [4.69, 9.17) is 21.1 Å². The molecule has 0 N–H and O–H groups in total. The van der Waals surface area contributed by atoms with Crippen LogP contribution in [0, 0.1) is 0 Å². The molecule has 7 nitrogen and oxygen atoms in total. The first kappa shape index (κ1) is 25.6. The molecule has 2 atom stereocenters. The number of rotatable bonds is 5. The molecule has 13 heteroatoms. The van der Waals surface area contributed by atoms with Crippen LogP contribution in [0.4, 0.5) is 18.9 Å². The molecule has 2 fully saturated rings. The fourth-order valence-electron chi connectivity index (χ4n) is 4.06. The highest BCUT2D eigenvalue weighted by molar-refractivity contribution is 8.16. The molecule has 2 heterocycles. The number of carbonyl (C=O) groups is 1. The predicted molar refractivity (Wildman–Crippen MR) is 128 cm³/mol. The molecule has 0 spiro atoms. The van der Waals surface area contributed by atoms with Crippen LogP contribution < -0.4 is 14.4 Å². The van der Waals surface area contributed by atoms with Crippen LogP contribution in [0.1, 0.15) is 11.1 Å². The van der Waals surface area contributed by atoms with Crippen LogP contribution >= 0.6 is 23.4 Å². The summed E-state index contributed by atoms with van der Waals surface area (Å²) < 4.78 is 75.2. The van der Waals surface area contributed by atoms with Gasteiger partial charge in [0.05, 0.1) is 48.8 Å². The molecule has 2 aliphatic heterocycles. The molecular weight excluding hydrogens is 529 g/mol. The van der Waals surface area contributed by atoms with Crippen molar-refractivity contribution in [1.82, 2.24) is 0 Å². The lowest BCUT2D eigenvalue weighted by atomic mass is 10.1. The van der Waals surface area contributed by atoms with Gasteiger partial charge in [0.15, 0.2) is 26.5 Å². The Bertz CT molecular complexity index is 1300. The van der Waals surface area contributed by atoms with Crippen LogP contribution in [-0.4, -0.2) is 56.5 Å². The average molecular weight is 549 g/mol. The zero-order valence-electron chi connectivity index (χ0n) is 18.5. The molecule has 2 aromatic carbocycles. The first-order valence-electron chi connectivity index (χ1n) is 10.3. The molecule has 0 bridgehead atoms. The van der Waals surface area contributed by atoms with E-state index in [0.29, 0.717) is 17.1 Å². The van der Waals surface area contributed by atoms with Crippen molar-refractivity contribution < 1.29 is 35.9 Å². The first-order valence-corrected chi connectivity index (χ1v) is 13.3. The Morgan fingerprint density at radius 3 is 2.51 bits per heavy atom. The van der Waals surface area contributed by atoms with Gasteiger partial charge in [-0.05, 0) is 35.9 Å². The predicted octanol–water partition coefficient (Wildman–Crippen LogP) is 4.22. The number of amidine groups is 1. The lowest BCUT2D eigenvalue weighted by Crippen LogP contribution is -2.38. The Hall–Kier alpha value is -2.44. The number of thioether (sulfide) groups is 1. The zero-order chi connectivity index (χ0) is 25.5. The number of hydrogen-bond acceptors (Lipinski definition) is 6. The molecule has 35 heavy (non-hydrogen) atoms. The number of anilines is 1. The number of benzene rings is 2. The average Bonchev–Trinajstić information content (AvgIpc) is 3.23. The van der Waals surface area contributed by atoms with Gasteiger partial charge < -0.3 is 14.4 Å². The number of aliphatic imine (C=N–C) groups is 1. The van der Waals surface area contributed by atoms with Gasteiger partial charge in [-0.15, -0.1) is 0 Å². The van der Waals surface area contributed by atoms with Crippen LogP contribution in [0.2, 0.25) is 5.02 Å². The standard InChI is InChI=1S/C22H20ClF3N2O5S2/c1-32-17-6-3-12(7-18(17)33-2)8-20(29)27-21-28(16-10-35(30,31)11-19(16)34-21)13-4-5-15(23)14(9-13)22(24,25)26/h3-7,9,16,19H,8,10-11H2,1-2H3/t16-,19+/m0/s1. The fraction of sp³-hybridized carbons (Fsp3) is 0.364. The summed E-state index contributed by atoms with van der Waals surface area (Å²) in [5, 5.41) is -0.791. The van der Waals surface area contributed by atoms with E-state index >= 15 is 0 Å². The third kappa shape index (κ3) is 5.39. The van der Waals surface area contributed by atoms with Crippen molar-refractivity contribution in [1.29, 1.82) is 0 Å². The van der Waals surface area contributed by atoms with E-state index in [1.165, 1.54) is 25.2 Å². The van der Waals surface area contributed by atoms with Crippen molar-refractivity contribution in [3.05, 3.63) is 52.5 Å². The molecule has 2 saturated heterocycles. The topological polar surface area (TPSA) is 85.3 Å². The minimum atomic E-state index is -4.71. The van der Waals surface area contributed by atoms with Crippen LogP contribution in [-0.2, 0) is 27.2 Å². The van der Waals surface area contributed by atoms with Crippen molar-refractivity contribution >= 4 is 50.0 Å². The van der Waals surface area contributed by atoms with E-state index in [9.17, 15) is 26.4 Å². The number of amides is 1. The molecule has 188 valence electrons. The first-order chi connectivity index (χ1) is 16.4. The summed E-state index contributed by atoms with van der Waals surface area (Å²) in [5.41, 5.74) is -0.390. The number of nitrogens with zero attached hydrogens (tertiary/aromatic N) is 2. The molecule has 2 aromatic rings. The smallest absolute Gasteiger partial charge is 0.417 e. The number of alkyl halides is 3. The highest BCUT2D eigenvalue weighted by Gasteiger charge is 2.49. The molecule has 0 unspecified atom stereocenters. The van der Waals surface area contributed by atoms with E-state index in [1.54, 1.807) is 18.2 Å². The maximum atomic E-state index is 13.5. The molecule has 1 amide bonds. The van der Waals surface area contributed by atoms with Crippen molar-refractivity contribution in [3.8, 4) is 11.5 Å². The lowest BCUT2D eigenvalue weighted by molar-refractivity contribution is -0.137. The van der Waals surface area contributed by atoms with Gasteiger partial charge in [-0.1, -0.05) is 29.4 Å². The monoisotopic (exact) mass is 548 g/mol. The third-order valence-corrected chi connectivity index (χ3v) is 9.16. The minimum Gasteiger partial charge on any atom is -0.493 e. The van der Waals surface area contributed by atoms with Gasteiger partial charge in [0.25, 0.3) is 5.91 Å². The highest BCUT2D eigenvalue weighted by Crippen LogP contribution is 2.43. The van der Waals surface area contributed by atoms with E-state index in [2.05, 4.69) is 4.99 Å². The summed E-state index contributed by atoms with van der Waals surface area (Å²) in [6, 6.07) is 7.61. The van der Waals surface area contributed by atoms with Gasteiger partial charge in [0.1, 0.15) is 0 Å². The van der Waals surface area contributed by atoms with Crippen LogP contribution in [0.5, 0.6) is 11.5 Å². The third-order valence-electron chi connectivity index (χ3n) is 5.62. The molecular formula is C22H20ClF3N2O5S2. The maximum absolute atomic E-state index is 13.5. The molecule has 0 radical (unpaired) electrons. The second-order valence-corrected chi connectivity index (χ2v) is 11.8. The second kappa shape index (κ2) is 9.55. The number of fused-ring (bicyclic) bond motifs is 1. The van der Waals surface area contributed by atoms with Gasteiger partial charge in [-0.25, -0.2) is 8.42 Å². The molecule has 2 aliphatic rings. The number of sulfone groups is 1. The number of carbonyl (C=O) groups excluding carboxylic acids is 1. The van der Waals surface area contributed by atoms with E-state index in [1.807, 2.05) is 0 Å². The SMILES string of the molecule is COc1ccc(CC(=O)N=C2S[C@@H]3CS(=O)(=O)C[C@@H]3N2c2ccc(Cl)c(C(F)(F)F)c2)cc1OC. The van der Waals surface area contributed by atoms with Crippen LogP contribution in [0.3, 0.4) is 0 Å². The molecule has 0 aliphatic carbocycles. The van der Waals surface area contributed by atoms with Crippen molar-refractivity contribution in [2.45, 2.75) is 23.9 Å². The van der Waals surface area contributed by atoms with Crippen LogP contribution in [0.15, 0.2) is 41.4 Å². The van der Waals surface area contributed by atoms with Crippen molar-refractivity contribution in [2.24, 2.45) is 4.99 Å². The van der Waals surface area contributed by atoms with Gasteiger partial charge in [0, 0.05) is 10.9 Å². The Morgan fingerprint density at radius 1 is 1.14 bits per heavy atom. The Morgan fingerprint density at radius 2 is 1.86 bits per heavy atom. The molecule has 0 aromatic heterocycles. The summed E-state index contributed by atoms with van der Waals surface area (Å²) in [6.45, 7) is 0. The Kier molecular flexibility index (Phi) is 7.00. The number of hydrogen-bond donors (Lipinski definition) is 0. The van der Waals surface area contributed by atoms with Crippen molar-refractivity contribution in [2.75, 3.05) is 30.6 Å². The zero-order valence-corrected chi connectivity index (χ0v) is 20.9. The van der Waals surface area contributed by atoms with E-state index in [-0.39, 0.29) is 28.8 Å². The number of ether oxygens (including phenoxy) is 2. The minimum absolute atomic E-state index is 0.0662. The second-order valence-electron chi connectivity index (χ2n) is 7.99. The van der Waals surface area contributed by atoms with Gasteiger partial charge in [0.2, 0.25) is 0 Å². The van der Waals surface area contributed by atoms with E-state index < -0.39 is 43.8 Å². The van der Waals surface area contributed by atoms with Gasteiger partial charge in [-0.3, -0.25) is 4.79 Å². The molecule has 0 saturated carbocycles. The van der Waals surface area contributed by atoms with Gasteiger partial charge >= 0.3 is 6.18 Å². The van der Waals surface area contributed by atoms with Crippen LogP contribution in [0.25, 0.3) is 0 Å². The normalized spacial score (nSPS) is 22.3. The summed E-state index contributed by atoms with van der Waals surface area (Å²) in [7, 11) is -0.437. The summed E-state index contributed by atoms with van der Waals surface area (Å²) in [5.74, 6) is -0.0239. The largest absolute Gasteiger partial charge is 0.493 e. The number of methoxy groups -OCH3 is 2. The molecule has 4 rings (SSSR count). The van der Waals surface area contributed by atoms with Crippen molar-refractivity contribution in [3.63, 3.8) is 0 Å². The lowest BCUT2D eigenvalue weighted by Gasteiger charge is -2.25. The van der Waals surface area contributed by atoms with Gasteiger partial charge in [-0.2, -0.15) is 18.2 Å². The summed E-state index contributed by atoms with van der Waals surface area (Å²) in [6.07, 6.45) is -4.80.